The van der Waals surface area contributed by atoms with Crippen LogP contribution in [0.25, 0.3) is 0 Å². The van der Waals surface area contributed by atoms with Gasteiger partial charge in [-0.1, -0.05) is 11.6 Å². The molecule has 0 aliphatic carbocycles. The minimum atomic E-state index is 0.341. The van der Waals surface area contributed by atoms with E-state index in [1.807, 2.05) is 12.1 Å². The standard InChI is InChI=1S/C14H14Br2ClNO/c15-12-4-8(17)5-13(16)14(12)18-9-2-1-3-10(18)7-11(19)6-9/h4-5,9-10H,1-3,6-7H2. The molecule has 19 heavy (non-hydrogen) atoms. The highest BCUT2D eigenvalue weighted by Gasteiger charge is 2.39. The Labute approximate surface area is 134 Å². The number of fused-ring (bicyclic) bond motifs is 2. The molecular formula is C14H14Br2ClNO. The van der Waals surface area contributed by atoms with Crippen molar-refractivity contribution in [2.24, 2.45) is 0 Å². The maximum absolute atomic E-state index is 11.8. The fourth-order valence-corrected chi connectivity index (χ4v) is 5.40. The van der Waals surface area contributed by atoms with Gasteiger partial charge in [0.2, 0.25) is 0 Å². The van der Waals surface area contributed by atoms with Crippen molar-refractivity contribution in [3.05, 3.63) is 26.1 Å². The molecule has 2 heterocycles. The average Bonchev–Trinajstić information content (AvgIpc) is 2.28. The molecule has 0 aromatic heterocycles. The second-order valence-corrected chi connectivity index (χ2v) is 7.46. The summed E-state index contributed by atoms with van der Waals surface area (Å²) in [7, 11) is 0. The molecule has 1 aromatic carbocycles. The molecule has 2 aliphatic heterocycles. The first-order valence-electron chi connectivity index (χ1n) is 6.51. The largest absolute Gasteiger partial charge is 0.363 e. The molecule has 2 bridgehead atoms. The fourth-order valence-electron chi connectivity index (χ4n) is 3.32. The molecule has 0 N–H and O–H groups in total. The number of ketones is 1. The van der Waals surface area contributed by atoms with E-state index in [1.165, 1.54) is 6.42 Å². The molecular weight excluding hydrogens is 393 g/mol. The molecule has 2 aliphatic rings. The van der Waals surface area contributed by atoms with Crippen LogP contribution in [0.1, 0.15) is 32.1 Å². The molecule has 102 valence electrons. The monoisotopic (exact) mass is 405 g/mol. The van der Waals surface area contributed by atoms with Gasteiger partial charge in [-0.15, -0.1) is 0 Å². The first kappa shape index (κ1) is 13.9. The van der Waals surface area contributed by atoms with Gasteiger partial charge in [-0.2, -0.15) is 0 Å². The van der Waals surface area contributed by atoms with Gasteiger partial charge in [-0.25, -0.2) is 0 Å². The number of rotatable bonds is 1. The van der Waals surface area contributed by atoms with E-state index in [2.05, 4.69) is 36.8 Å². The minimum Gasteiger partial charge on any atom is -0.363 e. The van der Waals surface area contributed by atoms with Crippen molar-refractivity contribution < 1.29 is 4.79 Å². The van der Waals surface area contributed by atoms with E-state index in [0.29, 0.717) is 35.7 Å². The number of hydrogen-bond donors (Lipinski definition) is 0. The second-order valence-electron chi connectivity index (χ2n) is 5.31. The highest BCUT2D eigenvalue weighted by molar-refractivity contribution is 9.11. The molecule has 3 rings (SSSR count). The average molecular weight is 408 g/mol. The molecule has 5 heteroatoms. The Morgan fingerprint density at radius 1 is 1.11 bits per heavy atom. The summed E-state index contributed by atoms with van der Waals surface area (Å²) in [5.41, 5.74) is 1.15. The van der Waals surface area contributed by atoms with Crippen molar-refractivity contribution in [2.45, 2.75) is 44.2 Å². The van der Waals surface area contributed by atoms with E-state index in [1.54, 1.807) is 0 Å². The minimum absolute atomic E-state index is 0.341. The second kappa shape index (κ2) is 5.38. The molecule has 0 amide bonds. The van der Waals surface area contributed by atoms with Crippen molar-refractivity contribution in [2.75, 3.05) is 4.90 Å². The van der Waals surface area contributed by atoms with Crippen LogP contribution in [0.5, 0.6) is 0 Å². The first-order chi connectivity index (χ1) is 9.06. The number of Topliss-reactive ketones (excluding diaryl/α,β-unsaturated/α-hetero) is 1. The normalized spacial score (nSPS) is 26.7. The third-order valence-electron chi connectivity index (χ3n) is 4.03. The van der Waals surface area contributed by atoms with Crippen LogP contribution in [0.2, 0.25) is 5.02 Å². The van der Waals surface area contributed by atoms with Crippen molar-refractivity contribution in [3.8, 4) is 0 Å². The predicted molar refractivity (Wildman–Crippen MR) is 85.0 cm³/mol. The van der Waals surface area contributed by atoms with Gasteiger partial charge in [0.1, 0.15) is 5.78 Å². The van der Waals surface area contributed by atoms with Crippen molar-refractivity contribution in [3.63, 3.8) is 0 Å². The van der Waals surface area contributed by atoms with Gasteiger partial charge in [-0.3, -0.25) is 4.79 Å². The van der Waals surface area contributed by atoms with Crippen LogP contribution in [0.3, 0.4) is 0 Å². The van der Waals surface area contributed by atoms with Crippen molar-refractivity contribution in [1.82, 2.24) is 0 Å². The van der Waals surface area contributed by atoms with Crippen LogP contribution >= 0.6 is 43.5 Å². The number of anilines is 1. The smallest absolute Gasteiger partial charge is 0.137 e. The predicted octanol–water partition coefficient (Wildman–Crippen LogP) is 4.96. The highest BCUT2D eigenvalue weighted by atomic mass is 79.9. The van der Waals surface area contributed by atoms with E-state index in [9.17, 15) is 4.79 Å². The lowest BCUT2D eigenvalue weighted by Gasteiger charge is -2.47. The van der Waals surface area contributed by atoms with Gasteiger partial charge in [0.05, 0.1) is 5.69 Å². The summed E-state index contributed by atoms with van der Waals surface area (Å²) in [4.78, 5) is 14.2. The number of carbonyl (C=O) groups excluding carboxylic acids is 1. The third kappa shape index (κ3) is 2.59. The lowest BCUT2D eigenvalue weighted by atomic mass is 9.83. The van der Waals surface area contributed by atoms with E-state index in [4.69, 9.17) is 11.6 Å². The third-order valence-corrected chi connectivity index (χ3v) is 5.46. The van der Waals surface area contributed by atoms with Crippen molar-refractivity contribution >= 4 is 54.9 Å². The maximum Gasteiger partial charge on any atom is 0.137 e. The Hall–Kier alpha value is -0.0600. The molecule has 0 spiro atoms. The summed E-state index contributed by atoms with van der Waals surface area (Å²) < 4.78 is 2.00. The Morgan fingerprint density at radius 3 is 2.16 bits per heavy atom. The maximum atomic E-state index is 11.8. The van der Waals surface area contributed by atoms with Crippen LogP contribution in [-0.2, 0) is 4.79 Å². The Bertz CT molecular complexity index is 495. The number of benzene rings is 1. The molecule has 0 saturated carbocycles. The number of piperidine rings is 2. The Kier molecular flexibility index (Phi) is 3.93. The van der Waals surface area contributed by atoms with Gasteiger partial charge in [0.25, 0.3) is 0 Å². The lowest BCUT2D eigenvalue weighted by Crippen LogP contribution is -2.52. The number of nitrogens with zero attached hydrogens (tertiary/aromatic N) is 1. The van der Waals surface area contributed by atoms with Crippen LogP contribution in [0.4, 0.5) is 5.69 Å². The number of carbonyl (C=O) groups is 1. The van der Waals surface area contributed by atoms with Gasteiger partial charge < -0.3 is 4.90 Å². The van der Waals surface area contributed by atoms with Crippen LogP contribution in [0, 0.1) is 0 Å². The van der Waals surface area contributed by atoms with Crippen LogP contribution < -0.4 is 4.90 Å². The molecule has 2 saturated heterocycles. The summed E-state index contributed by atoms with van der Waals surface area (Å²) in [6.45, 7) is 0. The van der Waals surface area contributed by atoms with Gasteiger partial charge >= 0.3 is 0 Å². The zero-order valence-electron chi connectivity index (χ0n) is 10.3. The van der Waals surface area contributed by atoms with Gasteiger partial charge in [0, 0.05) is 38.9 Å². The molecule has 1 aromatic rings. The van der Waals surface area contributed by atoms with E-state index < -0.39 is 0 Å². The summed E-state index contributed by atoms with van der Waals surface area (Å²) in [5, 5.41) is 0.709. The fraction of sp³-hybridized carbons (Fsp3) is 0.500. The number of halogens is 3. The van der Waals surface area contributed by atoms with E-state index >= 15 is 0 Å². The zero-order chi connectivity index (χ0) is 13.6. The Balaban J connectivity index is 2.04. The molecule has 2 atom stereocenters. The van der Waals surface area contributed by atoms with Gasteiger partial charge in [0.15, 0.2) is 0 Å². The molecule has 2 nitrogen and oxygen atoms in total. The highest BCUT2D eigenvalue weighted by Crippen LogP contribution is 2.44. The SMILES string of the molecule is O=C1CC2CCCC(C1)N2c1c(Br)cc(Cl)cc1Br. The summed E-state index contributed by atoms with van der Waals surface area (Å²) in [6, 6.07) is 4.53. The molecule has 0 radical (unpaired) electrons. The quantitative estimate of drug-likeness (QED) is 0.656. The van der Waals surface area contributed by atoms with Gasteiger partial charge in [-0.05, 0) is 63.3 Å². The zero-order valence-corrected chi connectivity index (χ0v) is 14.3. The first-order valence-corrected chi connectivity index (χ1v) is 8.47. The van der Waals surface area contributed by atoms with E-state index in [-0.39, 0.29) is 0 Å². The number of hydrogen-bond acceptors (Lipinski definition) is 2. The van der Waals surface area contributed by atoms with E-state index in [0.717, 1.165) is 27.5 Å². The lowest BCUT2D eigenvalue weighted by molar-refractivity contribution is -0.121. The summed E-state index contributed by atoms with van der Waals surface area (Å²) in [6.07, 6.45) is 4.78. The summed E-state index contributed by atoms with van der Waals surface area (Å²) in [5.74, 6) is 0.409. The molecule has 2 fully saturated rings. The van der Waals surface area contributed by atoms with Crippen LogP contribution in [0.15, 0.2) is 21.1 Å². The topological polar surface area (TPSA) is 20.3 Å². The van der Waals surface area contributed by atoms with Crippen molar-refractivity contribution in [1.29, 1.82) is 0 Å². The molecule has 2 unspecified atom stereocenters. The Morgan fingerprint density at radius 2 is 1.63 bits per heavy atom. The summed E-state index contributed by atoms with van der Waals surface area (Å²) >= 11 is 13.3. The van der Waals surface area contributed by atoms with Crippen LogP contribution in [-0.4, -0.2) is 17.9 Å².